The minimum absolute atomic E-state index is 0.250. The molecule has 0 rings (SSSR count). The highest BCUT2D eigenvalue weighted by molar-refractivity contribution is 5.99. The summed E-state index contributed by atoms with van der Waals surface area (Å²) in [4.78, 5) is 39.2. The van der Waals surface area contributed by atoms with E-state index in [1.165, 1.54) is 77.0 Å². The molecule has 0 bridgehead atoms. The van der Waals surface area contributed by atoms with E-state index < -0.39 is 12.0 Å². The Bertz CT molecular complexity index is 519. The van der Waals surface area contributed by atoms with Crippen LogP contribution in [0.2, 0.25) is 0 Å². The number of nitrogens with two attached hydrogens (primary N) is 1. The molecule has 0 aromatic rings. The smallest absolute Gasteiger partial charge is 0.326 e. The third-order valence-electron chi connectivity index (χ3n) is 7.05. The van der Waals surface area contributed by atoms with Crippen LogP contribution in [0.25, 0.3) is 0 Å². The van der Waals surface area contributed by atoms with Crippen molar-refractivity contribution in [3.8, 4) is 0 Å². The summed E-state index contributed by atoms with van der Waals surface area (Å²) in [6.07, 6.45) is 22.6. The highest BCUT2D eigenvalue weighted by atomic mass is 16.4. The van der Waals surface area contributed by atoms with Crippen LogP contribution in [-0.2, 0) is 14.4 Å². The Morgan fingerprint density at radius 3 is 1.28 bits per heavy atom. The predicted octanol–water partition coefficient (Wildman–Crippen LogP) is 7.77. The lowest BCUT2D eigenvalue weighted by Crippen LogP contribution is -2.48. The maximum absolute atomic E-state index is 13.0. The minimum atomic E-state index is -1.09. The third kappa shape index (κ3) is 18.8. The minimum Gasteiger partial charge on any atom is -0.480 e. The molecule has 0 saturated carbocycles. The van der Waals surface area contributed by atoms with E-state index in [4.69, 9.17) is 5.73 Å². The number of unbranched alkanes of at least 4 members (excludes halogenated alkanes) is 17. The number of amides is 2. The fourth-order valence-corrected chi connectivity index (χ4v) is 4.75. The summed E-state index contributed by atoms with van der Waals surface area (Å²) in [5.41, 5.74) is 5.57. The van der Waals surface area contributed by atoms with Crippen molar-refractivity contribution in [2.45, 2.75) is 168 Å². The second-order valence-electron chi connectivity index (χ2n) is 10.5. The fourth-order valence-electron chi connectivity index (χ4n) is 4.75. The standard InChI is InChI=1S/C30H58N2O4/c1-3-5-7-9-11-13-15-17-19-24-28(33)32(27(30(35)36)23-21-22-26-31)29(34)25-20-18-16-14-12-10-8-6-4-2/h27H,3-26,31H2,1-2H3,(H,35,36)/t27-/m0/s1. The van der Waals surface area contributed by atoms with Crippen LogP contribution in [0.15, 0.2) is 0 Å². The SMILES string of the molecule is CCCCCCCCCCCC(=O)N(C(=O)CCCCCCCCCCC)[C@@H](CCCCN)C(=O)O. The second-order valence-corrected chi connectivity index (χ2v) is 10.5. The van der Waals surface area contributed by atoms with Crippen LogP contribution in [0.4, 0.5) is 0 Å². The van der Waals surface area contributed by atoms with Crippen molar-refractivity contribution in [1.82, 2.24) is 4.90 Å². The zero-order valence-electron chi connectivity index (χ0n) is 23.7. The maximum Gasteiger partial charge on any atom is 0.326 e. The number of nitrogens with zero attached hydrogens (tertiary/aromatic N) is 1. The number of rotatable bonds is 26. The summed E-state index contributed by atoms with van der Waals surface area (Å²) in [6, 6.07) is -1.08. The molecule has 3 N–H and O–H groups in total. The van der Waals surface area contributed by atoms with Gasteiger partial charge in [-0.2, -0.15) is 0 Å². The van der Waals surface area contributed by atoms with Gasteiger partial charge in [-0.3, -0.25) is 14.5 Å². The van der Waals surface area contributed by atoms with Crippen molar-refractivity contribution in [2.75, 3.05) is 6.54 Å². The molecule has 1 atom stereocenters. The number of carboxylic acid groups (broad SMARTS) is 1. The van der Waals surface area contributed by atoms with Gasteiger partial charge in [0.1, 0.15) is 6.04 Å². The van der Waals surface area contributed by atoms with Gasteiger partial charge in [0, 0.05) is 12.8 Å². The molecule has 2 amide bonds. The molecule has 212 valence electrons. The average molecular weight is 511 g/mol. The van der Waals surface area contributed by atoms with Gasteiger partial charge in [0.05, 0.1) is 0 Å². The van der Waals surface area contributed by atoms with Crippen molar-refractivity contribution in [1.29, 1.82) is 0 Å². The Hall–Kier alpha value is -1.43. The number of imide groups is 1. The van der Waals surface area contributed by atoms with E-state index >= 15 is 0 Å². The Labute approximate surface area is 222 Å². The van der Waals surface area contributed by atoms with E-state index in [-0.39, 0.29) is 31.1 Å². The predicted molar refractivity (Wildman–Crippen MR) is 150 cm³/mol. The topological polar surface area (TPSA) is 101 Å². The van der Waals surface area contributed by atoms with E-state index in [0.29, 0.717) is 32.2 Å². The average Bonchev–Trinajstić information content (AvgIpc) is 2.86. The first-order chi connectivity index (χ1) is 17.5. The molecule has 0 unspecified atom stereocenters. The summed E-state index contributed by atoms with van der Waals surface area (Å²) in [5.74, 6) is -1.73. The normalized spacial score (nSPS) is 12.0. The van der Waals surface area contributed by atoms with E-state index in [1.807, 2.05) is 0 Å². The van der Waals surface area contributed by atoms with Gasteiger partial charge in [-0.25, -0.2) is 4.79 Å². The van der Waals surface area contributed by atoms with Crippen LogP contribution >= 0.6 is 0 Å². The molecule has 0 radical (unpaired) electrons. The van der Waals surface area contributed by atoms with Crippen LogP contribution in [0.3, 0.4) is 0 Å². The van der Waals surface area contributed by atoms with Crippen molar-refractivity contribution >= 4 is 17.8 Å². The molecular weight excluding hydrogens is 452 g/mol. The van der Waals surface area contributed by atoms with Crippen LogP contribution < -0.4 is 5.73 Å². The van der Waals surface area contributed by atoms with Gasteiger partial charge in [0.2, 0.25) is 11.8 Å². The van der Waals surface area contributed by atoms with Crippen molar-refractivity contribution in [3.63, 3.8) is 0 Å². The number of hydrogen-bond acceptors (Lipinski definition) is 4. The molecule has 6 heteroatoms. The van der Waals surface area contributed by atoms with Gasteiger partial charge in [0.15, 0.2) is 0 Å². The molecular formula is C30H58N2O4. The first kappa shape index (κ1) is 34.6. The number of hydrogen-bond donors (Lipinski definition) is 2. The summed E-state index contributed by atoms with van der Waals surface area (Å²) in [7, 11) is 0. The van der Waals surface area contributed by atoms with Gasteiger partial charge < -0.3 is 10.8 Å². The molecule has 0 heterocycles. The molecule has 0 aliphatic heterocycles. The molecule has 6 nitrogen and oxygen atoms in total. The molecule has 0 aromatic carbocycles. The van der Waals surface area contributed by atoms with E-state index in [9.17, 15) is 19.5 Å². The molecule has 0 saturated heterocycles. The summed E-state index contributed by atoms with van der Waals surface area (Å²) < 4.78 is 0. The Kier molecular flexibility index (Phi) is 24.2. The van der Waals surface area contributed by atoms with Gasteiger partial charge >= 0.3 is 5.97 Å². The van der Waals surface area contributed by atoms with E-state index in [2.05, 4.69) is 13.8 Å². The van der Waals surface area contributed by atoms with Crippen LogP contribution in [-0.4, -0.2) is 40.4 Å². The van der Waals surface area contributed by atoms with Crippen LogP contribution in [0.1, 0.15) is 162 Å². The number of carbonyl (C=O) groups excluding carboxylic acids is 2. The van der Waals surface area contributed by atoms with Crippen LogP contribution in [0, 0.1) is 0 Å². The molecule has 0 fully saturated rings. The monoisotopic (exact) mass is 510 g/mol. The molecule has 0 aliphatic rings. The Morgan fingerprint density at radius 2 is 0.944 bits per heavy atom. The molecule has 36 heavy (non-hydrogen) atoms. The van der Waals surface area contributed by atoms with Gasteiger partial charge in [-0.05, 0) is 38.6 Å². The third-order valence-corrected chi connectivity index (χ3v) is 7.05. The van der Waals surface area contributed by atoms with Crippen molar-refractivity contribution in [2.24, 2.45) is 5.73 Å². The van der Waals surface area contributed by atoms with Gasteiger partial charge in [-0.15, -0.1) is 0 Å². The van der Waals surface area contributed by atoms with E-state index in [0.717, 1.165) is 30.6 Å². The van der Waals surface area contributed by atoms with Crippen molar-refractivity contribution in [3.05, 3.63) is 0 Å². The lowest BCUT2D eigenvalue weighted by atomic mass is 10.0. The fraction of sp³-hybridized carbons (Fsp3) is 0.900. The quantitative estimate of drug-likeness (QED) is 0.116. The highest BCUT2D eigenvalue weighted by Crippen LogP contribution is 2.18. The summed E-state index contributed by atoms with van der Waals surface area (Å²) in [6.45, 7) is 4.91. The summed E-state index contributed by atoms with van der Waals surface area (Å²) >= 11 is 0. The summed E-state index contributed by atoms with van der Waals surface area (Å²) in [5, 5.41) is 9.82. The Morgan fingerprint density at radius 1 is 0.583 bits per heavy atom. The molecule has 0 aliphatic carbocycles. The molecule has 0 spiro atoms. The largest absolute Gasteiger partial charge is 0.480 e. The van der Waals surface area contributed by atoms with Gasteiger partial charge in [-0.1, -0.05) is 117 Å². The molecule has 0 aromatic heterocycles. The first-order valence-corrected chi connectivity index (χ1v) is 15.3. The zero-order valence-corrected chi connectivity index (χ0v) is 23.7. The highest BCUT2D eigenvalue weighted by Gasteiger charge is 2.33. The van der Waals surface area contributed by atoms with Gasteiger partial charge in [0.25, 0.3) is 0 Å². The lowest BCUT2D eigenvalue weighted by molar-refractivity contribution is -0.158. The first-order valence-electron chi connectivity index (χ1n) is 15.3. The second kappa shape index (κ2) is 25.2. The number of carbonyl (C=O) groups is 3. The zero-order chi connectivity index (χ0) is 26.9. The van der Waals surface area contributed by atoms with Crippen molar-refractivity contribution < 1.29 is 19.5 Å². The number of carboxylic acids is 1. The Balaban J connectivity index is 4.62. The number of aliphatic carboxylic acids is 1. The van der Waals surface area contributed by atoms with E-state index in [1.54, 1.807) is 0 Å². The lowest BCUT2D eigenvalue weighted by Gasteiger charge is -2.27. The maximum atomic E-state index is 13.0. The van der Waals surface area contributed by atoms with Crippen LogP contribution in [0.5, 0.6) is 0 Å².